The van der Waals surface area contributed by atoms with Gasteiger partial charge in [0, 0.05) is 13.1 Å². The molecule has 1 fully saturated rings. The van der Waals surface area contributed by atoms with Crippen molar-refractivity contribution in [1.29, 1.82) is 0 Å². The first-order valence-electron chi connectivity index (χ1n) is 6.58. The molecule has 1 aromatic heterocycles. The smallest absolute Gasteiger partial charge is 0.313 e. The molecule has 0 spiro atoms. The van der Waals surface area contributed by atoms with Gasteiger partial charge in [0.05, 0.1) is 5.75 Å². The van der Waals surface area contributed by atoms with Gasteiger partial charge in [-0.1, -0.05) is 48.8 Å². The van der Waals surface area contributed by atoms with E-state index in [1.54, 1.807) is 0 Å². The highest BCUT2D eigenvalue weighted by atomic mass is 32.2. The summed E-state index contributed by atoms with van der Waals surface area (Å²) in [5.41, 5.74) is 0. The summed E-state index contributed by atoms with van der Waals surface area (Å²) in [6.45, 7) is 0. The maximum Gasteiger partial charge on any atom is 0.313 e. The highest BCUT2D eigenvalue weighted by molar-refractivity contribution is 8.01. The molecule has 0 aliphatic heterocycles. The summed E-state index contributed by atoms with van der Waals surface area (Å²) in [7, 11) is 2.07. The number of carboxylic acid groups (broad SMARTS) is 1. The van der Waals surface area contributed by atoms with E-state index < -0.39 is 5.97 Å². The fraction of sp³-hybridized carbons (Fsp3) is 0.750. The number of rotatable bonds is 5. The Bertz CT molecular complexity index is 417. The minimum absolute atomic E-state index is 0.0434. The Morgan fingerprint density at radius 3 is 2.68 bits per heavy atom. The Labute approximate surface area is 121 Å². The number of hydrogen-bond donors (Lipinski definition) is 1. The zero-order valence-corrected chi connectivity index (χ0v) is 12.7. The Hall–Kier alpha value is -0.820. The molecule has 1 aliphatic rings. The number of aliphatic carboxylic acids is 1. The second-order valence-corrected chi connectivity index (χ2v) is 6.97. The zero-order valence-electron chi connectivity index (χ0n) is 11.0. The average Bonchev–Trinajstić information content (AvgIpc) is 2.69. The number of anilines is 1. The van der Waals surface area contributed by atoms with E-state index in [1.807, 2.05) is 0 Å². The topological polar surface area (TPSA) is 66.3 Å². The first kappa shape index (κ1) is 14.6. The minimum Gasteiger partial charge on any atom is -0.481 e. The monoisotopic (exact) mass is 301 g/mol. The first-order valence-corrected chi connectivity index (χ1v) is 8.38. The van der Waals surface area contributed by atoms with Gasteiger partial charge in [0.2, 0.25) is 5.13 Å². The number of carboxylic acids is 1. The minimum atomic E-state index is -0.820. The molecule has 0 amide bonds. The standard InChI is InChI=1S/C12H19N3O2S2/c1-15(9-6-4-2-3-5-7-9)11-13-14-12(19-11)18-8-10(16)17/h9H,2-8H2,1H3,(H,16,17). The molecule has 0 aromatic carbocycles. The van der Waals surface area contributed by atoms with Gasteiger partial charge < -0.3 is 10.0 Å². The molecule has 0 radical (unpaired) electrons. The van der Waals surface area contributed by atoms with Crippen LogP contribution in [0.3, 0.4) is 0 Å². The van der Waals surface area contributed by atoms with Crippen molar-refractivity contribution >= 4 is 34.2 Å². The average molecular weight is 301 g/mol. The van der Waals surface area contributed by atoms with Crippen LogP contribution in [0.5, 0.6) is 0 Å². The van der Waals surface area contributed by atoms with Crippen molar-refractivity contribution in [1.82, 2.24) is 10.2 Å². The lowest BCUT2D eigenvalue weighted by Crippen LogP contribution is -2.30. The summed E-state index contributed by atoms with van der Waals surface area (Å²) < 4.78 is 0.734. The van der Waals surface area contributed by atoms with E-state index in [-0.39, 0.29) is 5.75 Å². The summed E-state index contributed by atoms with van der Waals surface area (Å²) in [5.74, 6) is -0.777. The van der Waals surface area contributed by atoms with E-state index in [9.17, 15) is 4.79 Å². The SMILES string of the molecule is CN(c1nnc(SCC(=O)O)s1)C1CCCCCC1. The van der Waals surface area contributed by atoms with Gasteiger partial charge in [-0.15, -0.1) is 10.2 Å². The van der Waals surface area contributed by atoms with Crippen LogP contribution in [0, 0.1) is 0 Å². The third-order valence-corrected chi connectivity index (χ3v) is 5.52. The van der Waals surface area contributed by atoms with E-state index in [1.165, 1.54) is 61.6 Å². The van der Waals surface area contributed by atoms with Crippen molar-refractivity contribution in [3.8, 4) is 0 Å². The van der Waals surface area contributed by atoms with Gasteiger partial charge in [-0.25, -0.2) is 0 Å². The number of aromatic nitrogens is 2. The van der Waals surface area contributed by atoms with Gasteiger partial charge >= 0.3 is 5.97 Å². The Morgan fingerprint density at radius 1 is 1.37 bits per heavy atom. The molecule has 0 saturated heterocycles. The van der Waals surface area contributed by atoms with Crippen molar-refractivity contribution in [2.75, 3.05) is 17.7 Å². The van der Waals surface area contributed by atoms with Gasteiger partial charge in [-0.3, -0.25) is 4.79 Å². The Kier molecular flexibility index (Phi) is 5.45. The van der Waals surface area contributed by atoms with Gasteiger partial charge in [0.25, 0.3) is 0 Å². The van der Waals surface area contributed by atoms with E-state index >= 15 is 0 Å². The molecule has 1 heterocycles. The summed E-state index contributed by atoms with van der Waals surface area (Å²) in [6.07, 6.45) is 7.67. The third-order valence-electron chi connectivity index (χ3n) is 3.39. The van der Waals surface area contributed by atoms with Crippen LogP contribution in [0.25, 0.3) is 0 Å². The molecule has 1 saturated carbocycles. The van der Waals surface area contributed by atoms with Crippen molar-refractivity contribution in [3.63, 3.8) is 0 Å². The number of carbonyl (C=O) groups is 1. The molecule has 106 valence electrons. The molecule has 1 N–H and O–H groups in total. The predicted octanol–water partition coefficient (Wildman–Crippen LogP) is 2.87. The van der Waals surface area contributed by atoms with E-state index in [0.29, 0.717) is 6.04 Å². The highest BCUT2D eigenvalue weighted by Gasteiger charge is 2.20. The molecule has 5 nitrogen and oxygen atoms in total. The summed E-state index contributed by atoms with van der Waals surface area (Å²) >= 11 is 2.72. The quantitative estimate of drug-likeness (QED) is 0.666. The molecule has 2 rings (SSSR count). The van der Waals surface area contributed by atoms with Crippen LogP contribution >= 0.6 is 23.1 Å². The lowest BCUT2D eigenvalue weighted by molar-refractivity contribution is -0.133. The van der Waals surface area contributed by atoms with Crippen LogP contribution in [0.2, 0.25) is 0 Å². The highest BCUT2D eigenvalue weighted by Crippen LogP contribution is 2.31. The second kappa shape index (κ2) is 7.09. The molecule has 1 aromatic rings. The van der Waals surface area contributed by atoms with Crippen LogP contribution in [0.15, 0.2) is 4.34 Å². The Balaban J connectivity index is 1.94. The second-order valence-electron chi connectivity index (χ2n) is 4.79. The molecule has 7 heteroatoms. The van der Waals surface area contributed by atoms with Crippen molar-refractivity contribution < 1.29 is 9.90 Å². The van der Waals surface area contributed by atoms with Crippen molar-refractivity contribution in [3.05, 3.63) is 0 Å². The van der Waals surface area contributed by atoms with Crippen molar-refractivity contribution in [2.24, 2.45) is 0 Å². The van der Waals surface area contributed by atoms with Crippen LogP contribution in [0.1, 0.15) is 38.5 Å². The summed E-state index contributed by atoms with van der Waals surface area (Å²) in [4.78, 5) is 12.7. The van der Waals surface area contributed by atoms with Crippen LogP contribution in [0.4, 0.5) is 5.13 Å². The summed E-state index contributed by atoms with van der Waals surface area (Å²) in [5, 5.41) is 17.8. The van der Waals surface area contributed by atoms with Gasteiger partial charge in [-0.2, -0.15) is 0 Å². The van der Waals surface area contributed by atoms with E-state index in [2.05, 4.69) is 22.1 Å². The summed E-state index contributed by atoms with van der Waals surface area (Å²) in [6, 6.07) is 0.549. The molecular formula is C12H19N3O2S2. The van der Waals surface area contributed by atoms with Crippen molar-refractivity contribution in [2.45, 2.75) is 48.9 Å². The molecule has 0 unspecified atom stereocenters. The largest absolute Gasteiger partial charge is 0.481 e. The molecule has 19 heavy (non-hydrogen) atoms. The molecular weight excluding hydrogens is 282 g/mol. The first-order chi connectivity index (χ1) is 9.16. The fourth-order valence-electron chi connectivity index (χ4n) is 2.33. The third kappa shape index (κ3) is 4.35. The maximum absolute atomic E-state index is 10.5. The van der Waals surface area contributed by atoms with Crippen LogP contribution < -0.4 is 4.90 Å². The van der Waals surface area contributed by atoms with Crippen LogP contribution in [-0.2, 0) is 4.79 Å². The van der Waals surface area contributed by atoms with Gasteiger partial charge in [0.1, 0.15) is 0 Å². The molecule has 1 aliphatic carbocycles. The normalized spacial score (nSPS) is 17.1. The fourth-order valence-corrected chi connectivity index (χ4v) is 3.92. The Morgan fingerprint density at radius 2 is 2.05 bits per heavy atom. The number of thioether (sulfide) groups is 1. The van der Waals surface area contributed by atoms with Gasteiger partial charge in [0.15, 0.2) is 4.34 Å². The van der Waals surface area contributed by atoms with E-state index in [4.69, 9.17) is 5.11 Å². The predicted molar refractivity (Wildman–Crippen MR) is 78.2 cm³/mol. The number of hydrogen-bond acceptors (Lipinski definition) is 6. The van der Waals surface area contributed by atoms with Crippen LogP contribution in [-0.4, -0.2) is 40.1 Å². The maximum atomic E-state index is 10.5. The van der Waals surface area contributed by atoms with E-state index in [0.717, 1.165) is 9.47 Å². The lowest BCUT2D eigenvalue weighted by atomic mass is 10.1. The van der Waals surface area contributed by atoms with Gasteiger partial charge in [-0.05, 0) is 12.8 Å². The molecule has 0 bridgehead atoms. The lowest BCUT2D eigenvalue weighted by Gasteiger charge is -2.25. The number of nitrogens with zero attached hydrogens (tertiary/aromatic N) is 3. The molecule has 0 atom stereocenters. The zero-order chi connectivity index (χ0) is 13.7.